The summed E-state index contributed by atoms with van der Waals surface area (Å²) in [5, 5.41) is 2.49. The molecule has 4 heterocycles. The number of benzene rings is 2. The molecule has 34 heavy (non-hydrogen) atoms. The van der Waals surface area contributed by atoms with E-state index in [0.29, 0.717) is 0 Å². The van der Waals surface area contributed by atoms with Crippen molar-refractivity contribution in [3.63, 3.8) is 0 Å². The number of rotatable bonds is 2. The van der Waals surface area contributed by atoms with Crippen LogP contribution < -0.4 is 0 Å². The van der Waals surface area contributed by atoms with Crippen LogP contribution in [0.4, 0.5) is 0 Å². The molecule has 0 unspecified atom stereocenters. The fourth-order valence-electron chi connectivity index (χ4n) is 3.63. The minimum atomic E-state index is 0. The van der Waals surface area contributed by atoms with Crippen LogP contribution in [0.3, 0.4) is 0 Å². The normalized spacial score (nSPS) is 10.4. The third-order valence-electron chi connectivity index (χ3n) is 5.35. The fraction of sp³-hybridized carbons (Fsp3) is 0.0690. The van der Waals surface area contributed by atoms with E-state index in [4.69, 9.17) is 0 Å². The first-order valence-electron chi connectivity index (χ1n) is 10.7. The zero-order valence-corrected chi connectivity index (χ0v) is 22.0. The number of nitrogens with zero attached hydrogens (tertiary/aromatic N) is 3. The molecule has 0 fully saturated rings. The SMILES string of the molecule is Cc1ccc(-c2[c-]cccc2)nc1.Cc1ncc[c-]c1-c1cc2sc3ccccc3c2cn1.[Ir]. The first kappa shape index (κ1) is 23.9. The molecule has 1 radical (unpaired) electrons. The third-order valence-corrected chi connectivity index (χ3v) is 6.48. The van der Waals surface area contributed by atoms with Gasteiger partial charge in [0.05, 0.1) is 0 Å². The molecule has 0 saturated carbocycles. The second kappa shape index (κ2) is 10.8. The van der Waals surface area contributed by atoms with Gasteiger partial charge in [-0.15, -0.1) is 64.9 Å². The summed E-state index contributed by atoms with van der Waals surface area (Å²) < 4.78 is 2.56. The van der Waals surface area contributed by atoms with Crippen molar-refractivity contribution in [2.75, 3.05) is 0 Å². The monoisotopic (exact) mass is 636 g/mol. The molecule has 4 aromatic heterocycles. The molecule has 0 spiro atoms. The molecule has 5 heteroatoms. The summed E-state index contributed by atoms with van der Waals surface area (Å²) >= 11 is 1.80. The van der Waals surface area contributed by atoms with Gasteiger partial charge in [-0.1, -0.05) is 49.5 Å². The van der Waals surface area contributed by atoms with Gasteiger partial charge in [0.25, 0.3) is 0 Å². The number of aromatic nitrogens is 3. The largest absolute Gasteiger partial charge is 0.357 e. The maximum Gasteiger partial charge on any atom is 0.0355 e. The smallest absolute Gasteiger partial charge is 0.0355 e. The number of hydrogen-bond donors (Lipinski definition) is 0. The molecule has 0 amide bonds. The summed E-state index contributed by atoms with van der Waals surface area (Å²) in [6, 6.07) is 30.7. The Balaban J connectivity index is 0.000000171. The van der Waals surface area contributed by atoms with E-state index < -0.39 is 0 Å². The van der Waals surface area contributed by atoms with Crippen molar-refractivity contribution >= 4 is 31.5 Å². The van der Waals surface area contributed by atoms with Crippen molar-refractivity contribution in [3.8, 4) is 22.5 Å². The second-order valence-corrected chi connectivity index (χ2v) is 8.79. The molecule has 0 saturated heterocycles. The van der Waals surface area contributed by atoms with E-state index in [0.717, 1.165) is 28.2 Å². The van der Waals surface area contributed by atoms with Gasteiger partial charge in [-0.2, -0.15) is 0 Å². The van der Waals surface area contributed by atoms with E-state index in [1.807, 2.05) is 62.6 Å². The second-order valence-electron chi connectivity index (χ2n) is 7.71. The molecule has 6 aromatic rings. The van der Waals surface area contributed by atoms with Crippen molar-refractivity contribution in [2.45, 2.75) is 13.8 Å². The summed E-state index contributed by atoms with van der Waals surface area (Å²) in [4.78, 5) is 13.2. The van der Waals surface area contributed by atoms with Crippen LogP contribution in [-0.2, 0) is 20.1 Å². The summed E-state index contributed by atoms with van der Waals surface area (Å²) in [7, 11) is 0. The van der Waals surface area contributed by atoms with Crippen molar-refractivity contribution in [2.24, 2.45) is 0 Å². The van der Waals surface area contributed by atoms with Gasteiger partial charge in [0.15, 0.2) is 0 Å². The van der Waals surface area contributed by atoms with Crippen LogP contribution in [0.1, 0.15) is 11.3 Å². The first-order valence-corrected chi connectivity index (χ1v) is 11.5. The zero-order chi connectivity index (χ0) is 22.6. The number of fused-ring (bicyclic) bond motifs is 3. The molecule has 0 aliphatic carbocycles. The Bertz CT molecular complexity index is 1530. The minimum Gasteiger partial charge on any atom is -0.357 e. The van der Waals surface area contributed by atoms with Crippen LogP contribution in [0.15, 0.2) is 91.4 Å². The van der Waals surface area contributed by atoms with Gasteiger partial charge in [0.2, 0.25) is 0 Å². The van der Waals surface area contributed by atoms with Crippen LogP contribution in [0.25, 0.3) is 42.7 Å². The molecule has 0 atom stereocenters. The Kier molecular flexibility index (Phi) is 7.59. The quantitative estimate of drug-likeness (QED) is 0.185. The predicted molar refractivity (Wildman–Crippen MR) is 137 cm³/mol. The van der Waals surface area contributed by atoms with Crippen LogP contribution >= 0.6 is 11.3 Å². The number of thiophene rings is 1. The van der Waals surface area contributed by atoms with Crippen molar-refractivity contribution < 1.29 is 20.1 Å². The maximum atomic E-state index is 4.60. The van der Waals surface area contributed by atoms with E-state index in [9.17, 15) is 0 Å². The van der Waals surface area contributed by atoms with Gasteiger partial charge in [-0.25, -0.2) is 0 Å². The van der Waals surface area contributed by atoms with Crippen molar-refractivity contribution in [1.82, 2.24) is 15.0 Å². The molecule has 0 aliphatic rings. The van der Waals surface area contributed by atoms with E-state index in [1.54, 1.807) is 17.5 Å². The van der Waals surface area contributed by atoms with E-state index in [2.05, 4.69) is 63.5 Å². The molecule has 6 rings (SSSR count). The molecule has 0 bridgehead atoms. The van der Waals surface area contributed by atoms with Gasteiger partial charge in [-0.3, -0.25) is 0 Å². The molecule has 169 valence electrons. The average molecular weight is 636 g/mol. The average Bonchev–Trinajstić information content (AvgIpc) is 3.24. The van der Waals surface area contributed by atoms with E-state index in [-0.39, 0.29) is 20.1 Å². The van der Waals surface area contributed by atoms with E-state index in [1.165, 1.54) is 25.7 Å². The number of aryl methyl sites for hydroxylation is 2. The van der Waals surface area contributed by atoms with Gasteiger partial charge >= 0.3 is 0 Å². The molecular formula is C29H21IrN3S-2. The third kappa shape index (κ3) is 5.12. The van der Waals surface area contributed by atoms with Crippen LogP contribution in [0.5, 0.6) is 0 Å². The van der Waals surface area contributed by atoms with Crippen molar-refractivity contribution in [1.29, 1.82) is 0 Å². The Morgan fingerprint density at radius 2 is 1.53 bits per heavy atom. The van der Waals surface area contributed by atoms with Gasteiger partial charge in [-0.05, 0) is 35.6 Å². The van der Waals surface area contributed by atoms with E-state index >= 15 is 0 Å². The number of hydrogen-bond acceptors (Lipinski definition) is 4. The molecule has 2 aromatic carbocycles. The molecule has 3 nitrogen and oxygen atoms in total. The molecule has 0 aliphatic heterocycles. The van der Waals surface area contributed by atoms with Crippen LogP contribution in [0.2, 0.25) is 0 Å². The van der Waals surface area contributed by atoms with Gasteiger partial charge < -0.3 is 15.0 Å². The Morgan fingerprint density at radius 1 is 0.706 bits per heavy atom. The standard InChI is InChI=1S/C17H11N2S.C12H10N.Ir/c1-11-12(6-4-8-18-11)15-9-17-14(10-19-15)13-5-2-3-7-16(13)20-17;1-10-7-8-12(13-9-10)11-5-3-2-4-6-11;/h2-5,7-10H,1H3;2-5,7-9H,1H3;/q2*-1;. The fourth-order valence-corrected chi connectivity index (χ4v) is 4.75. The maximum absolute atomic E-state index is 4.60. The van der Waals surface area contributed by atoms with Crippen LogP contribution in [0, 0.1) is 26.0 Å². The topological polar surface area (TPSA) is 38.7 Å². The van der Waals surface area contributed by atoms with Crippen molar-refractivity contribution in [3.05, 3.63) is 115 Å². The zero-order valence-electron chi connectivity index (χ0n) is 18.7. The summed E-state index contributed by atoms with van der Waals surface area (Å²) in [6.07, 6.45) is 5.59. The molecule has 0 N–H and O–H groups in total. The Morgan fingerprint density at radius 3 is 2.29 bits per heavy atom. The number of pyridine rings is 3. The molecular weight excluding hydrogens is 615 g/mol. The Labute approximate surface area is 216 Å². The first-order chi connectivity index (χ1) is 16.2. The van der Waals surface area contributed by atoms with Crippen LogP contribution in [-0.4, -0.2) is 15.0 Å². The predicted octanol–water partition coefficient (Wildman–Crippen LogP) is 7.47. The summed E-state index contributed by atoms with van der Waals surface area (Å²) in [5.74, 6) is 0. The van der Waals surface area contributed by atoms with Gasteiger partial charge in [0, 0.05) is 52.7 Å². The Hall–Kier alpha value is -3.24. The minimum absolute atomic E-state index is 0. The summed E-state index contributed by atoms with van der Waals surface area (Å²) in [6.45, 7) is 4.02. The van der Waals surface area contributed by atoms with Gasteiger partial charge in [0.1, 0.15) is 0 Å². The summed E-state index contributed by atoms with van der Waals surface area (Å²) in [5.41, 5.74) is 6.08.